The highest BCUT2D eigenvalue weighted by Gasteiger charge is 2.01. The predicted octanol–water partition coefficient (Wildman–Crippen LogP) is 3.84. The molecule has 1 aromatic heterocycles. The number of hydrogen-bond acceptors (Lipinski definition) is 3. The van der Waals surface area contributed by atoms with E-state index >= 15 is 0 Å². The Bertz CT molecular complexity index is 526. The van der Waals surface area contributed by atoms with Crippen LogP contribution in [0.1, 0.15) is 5.56 Å². The normalized spacial score (nSPS) is 10.3. The van der Waals surface area contributed by atoms with Crippen molar-refractivity contribution >= 4 is 43.4 Å². The zero-order chi connectivity index (χ0) is 13.0. The smallest absolute Gasteiger partial charge is 0.140 e. The Morgan fingerprint density at radius 3 is 2.56 bits per heavy atom. The van der Waals surface area contributed by atoms with E-state index in [4.69, 9.17) is 5.73 Å². The van der Waals surface area contributed by atoms with Crippen LogP contribution >= 0.6 is 31.9 Å². The van der Waals surface area contributed by atoms with Crippen LogP contribution in [-0.4, -0.2) is 11.5 Å². The van der Waals surface area contributed by atoms with Gasteiger partial charge in [0.15, 0.2) is 0 Å². The van der Waals surface area contributed by atoms with E-state index in [2.05, 4.69) is 42.2 Å². The van der Waals surface area contributed by atoms with E-state index in [0.29, 0.717) is 0 Å². The Balaban J connectivity index is 1.90. The molecule has 0 fully saturated rings. The van der Waals surface area contributed by atoms with Crippen molar-refractivity contribution in [2.45, 2.75) is 6.42 Å². The Morgan fingerprint density at radius 2 is 1.89 bits per heavy atom. The van der Waals surface area contributed by atoms with Crippen molar-refractivity contribution in [1.29, 1.82) is 0 Å². The zero-order valence-electron chi connectivity index (χ0n) is 9.66. The number of anilines is 2. The third-order valence-corrected chi connectivity index (χ3v) is 3.53. The number of benzene rings is 1. The van der Waals surface area contributed by atoms with Crippen molar-refractivity contribution < 1.29 is 0 Å². The van der Waals surface area contributed by atoms with Crippen LogP contribution in [0.3, 0.4) is 0 Å². The van der Waals surface area contributed by atoms with Gasteiger partial charge in [0, 0.05) is 22.9 Å². The second kappa shape index (κ2) is 6.20. The van der Waals surface area contributed by atoms with Gasteiger partial charge >= 0.3 is 0 Å². The molecule has 0 bridgehead atoms. The molecule has 0 spiro atoms. The summed E-state index contributed by atoms with van der Waals surface area (Å²) in [5, 5.41) is 3.29. The molecule has 2 rings (SSSR count). The number of nitrogens with one attached hydrogen (secondary N) is 1. The molecule has 0 saturated carbocycles. The van der Waals surface area contributed by atoms with Crippen LogP contribution in [-0.2, 0) is 6.42 Å². The highest BCUT2D eigenvalue weighted by atomic mass is 79.9. The molecule has 18 heavy (non-hydrogen) atoms. The quantitative estimate of drug-likeness (QED) is 0.804. The van der Waals surface area contributed by atoms with Crippen LogP contribution in [0.15, 0.2) is 45.5 Å². The third-order valence-electron chi connectivity index (χ3n) is 2.49. The maximum atomic E-state index is 5.64. The summed E-state index contributed by atoms with van der Waals surface area (Å²) in [4.78, 5) is 4.30. The Hall–Kier alpha value is -1.07. The van der Waals surface area contributed by atoms with Gasteiger partial charge in [0.2, 0.25) is 0 Å². The van der Waals surface area contributed by atoms with Gasteiger partial charge in [-0.1, -0.05) is 12.1 Å². The number of nitrogen functional groups attached to an aromatic ring is 1. The minimum Gasteiger partial charge on any atom is -0.399 e. The van der Waals surface area contributed by atoms with Crippen molar-refractivity contribution in [3.05, 3.63) is 51.0 Å². The number of nitrogens with two attached hydrogens (primary N) is 1. The standard InChI is InChI=1S/C13H13Br2N3/c14-10-7-12(15)13(18-8-10)17-6-5-9-1-3-11(16)4-2-9/h1-4,7-8H,5-6,16H2,(H,17,18). The molecule has 3 nitrogen and oxygen atoms in total. The van der Waals surface area contributed by atoms with Crippen molar-refractivity contribution in [3.8, 4) is 0 Å². The maximum absolute atomic E-state index is 5.64. The van der Waals surface area contributed by atoms with Crippen LogP contribution in [0.4, 0.5) is 11.5 Å². The average Bonchev–Trinajstić information content (AvgIpc) is 2.34. The van der Waals surface area contributed by atoms with Crippen molar-refractivity contribution in [2.75, 3.05) is 17.6 Å². The number of nitrogens with zero attached hydrogens (tertiary/aromatic N) is 1. The summed E-state index contributed by atoms with van der Waals surface area (Å²) >= 11 is 6.85. The molecule has 1 aromatic carbocycles. The predicted molar refractivity (Wildman–Crippen MR) is 82.7 cm³/mol. The monoisotopic (exact) mass is 369 g/mol. The molecule has 1 heterocycles. The molecule has 0 aliphatic carbocycles. The average molecular weight is 371 g/mol. The summed E-state index contributed by atoms with van der Waals surface area (Å²) in [6.07, 6.45) is 2.71. The van der Waals surface area contributed by atoms with Gasteiger partial charge in [-0.05, 0) is 62.0 Å². The molecule has 0 aliphatic rings. The van der Waals surface area contributed by atoms with Crippen molar-refractivity contribution in [2.24, 2.45) is 0 Å². The van der Waals surface area contributed by atoms with Crippen LogP contribution in [0.2, 0.25) is 0 Å². The van der Waals surface area contributed by atoms with Gasteiger partial charge in [0.1, 0.15) is 5.82 Å². The highest BCUT2D eigenvalue weighted by Crippen LogP contribution is 2.23. The maximum Gasteiger partial charge on any atom is 0.140 e. The second-order valence-electron chi connectivity index (χ2n) is 3.90. The van der Waals surface area contributed by atoms with Crippen LogP contribution in [0.25, 0.3) is 0 Å². The van der Waals surface area contributed by atoms with E-state index in [-0.39, 0.29) is 0 Å². The number of hydrogen-bond donors (Lipinski definition) is 2. The molecular formula is C13H13Br2N3. The van der Waals surface area contributed by atoms with E-state index in [1.807, 2.05) is 30.3 Å². The van der Waals surface area contributed by atoms with Gasteiger partial charge in [-0.2, -0.15) is 0 Å². The first kappa shape index (κ1) is 13.4. The molecule has 94 valence electrons. The molecule has 3 N–H and O–H groups in total. The first-order valence-electron chi connectivity index (χ1n) is 5.54. The van der Waals surface area contributed by atoms with Crippen LogP contribution in [0.5, 0.6) is 0 Å². The van der Waals surface area contributed by atoms with E-state index in [1.165, 1.54) is 5.56 Å². The van der Waals surface area contributed by atoms with E-state index < -0.39 is 0 Å². The molecular weight excluding hydrogens is 358 g/mol. The molecule has 0 unspecified atom stereocenters. The first-order valence-corrected chi connectivity index (χ1v) is 7.13. The minimum absolute atomic E-state index is 0.795. The third kappa shape index (κ3) is 3.71. The summed E-state index contributed by atoms with van der Waals surface area (Å²) in [5.74, 6) is 0.855. The Morgan fingerprint density at radius 1 is 1.17 bits per heavy atom. The Kier molecular flexibility index (Phi) is 4.60. The summed E-state index contributed by atoms with van der Waals surface area (Å²) in [7, 11) is 0. The summed E-state index contributed by atoms with van der Waals surface area (Å²) < 4.78 is 1.91. The summed E-state index contributed by atoms with van der Waals surface area (Å²) in [6.45, 7) is 0.831. The highest BCUT2D eigenvalue weighted by molar-refractivity contribution is 9.11. The molecule has 2 aromatic rings. The lowest BCUT2D eigenvalue weighted by Gasteiger charge is -2.08. The SMILES string of the molecule is Nc1ccc(CCNc2ncc(Br)cc2Br)cc1. The number of halogens is 2. The zero-order valence-corrected chi connectivity index (χ0v) is 12.8. The second-order valence-corrected chi connectivity index (χ2v) is 5.67. The van der Waals surface area contributed by atoms with Crippen molar-refractivity contribution in [1.82, 2.24) is 4.98 Å². The molecule has 0 amide bonds. The van der Waals surface area contributed by atoms with Gasteiger partial charge in [0.05, 0.1) is 4.47 Å². The number of aromatic nitrogens is 1. The van der Waals surface area contributed by atoms with Gasteiger partial charge in [-0.15, -0.1) is 0 Å². The fourth-order valence-electron chi connectivity index (χ4n) is 1.55. The largest absolute Gasteiger partial charge is 0.399 e. The number of rotatable bonds is 4. The van der Waals surface area contributed by atoms with E-state index in [9.17, 15) is 0 Å². The van der Waals surface area contributed by atoms with Crippen LogP contribution < -0.4 is 11.1 Å². The van der Waals surface area contributed by atoms with E-state index in [0.717, 1.165) is 33.4 Å². The van der Waals surface area contributed by atoms with Gasteiger partial charge < -0.3 is 11.1 Å². The lowest BCUT2D eigenvalue weighted by molar-refractivity contribution is 1.00. The topological polar surface area (TPSA) is 50.9 Å². The van der Waals surface area contributed by atoms with Gasteiger partial charge in [-0.25, -0.2) is 4.98 Å². The Labute approximate surface area is 123 Å². The molecule has 0 aliphatic heterocycles. The molecule has 5 heteroatoms. The fraction of sp³-hybridized carbons (Fsp3) is 0.154. The van der Waals surface area contributed by atoms with E-state index in [1.54, 1.807) is 6.20 Å². The molecule has 0 radical (unpaired) electrons. The molecule has 0 saturated heterocycles. The fourth-order valence-corrected chi connectivity index (χ4v) is 2.68. The van der Waals surface area contributed by atoms with Gasteiger partial charge in [-0.3, -0.25) is 0 Å². The lowest BCUT2D eigenvalue weighted by Crippen LogP contribution is -2.06. The first-order chi connectivity index (χ1) is 8.65. The minimum atomic E-state index is 0.795. The summed E-state index contributed by atoms with van der Waals surface area (Å²) in [6, 6.07) is 9.90. The molecule has 0 atom stereocenters. The lowest BCUT2D eigenvalue weighted by atomic mass is 10.1. The van der Waals surface area contributed by atoms with Gasteiger partial charge in [0.25, 0.3) is 0 Å². The van der Waals surface area contributed by atoms with Crippen molar-refractivity contribution in [3.63, 3.8) is 0 Å². The number of pyridine rings is 1. The summed E-state index contributed by atoms with van der Waals surface area (Å²) in [5.41, 5.74) is 7.69. The van der Waals surface area contributed by atoms with Crippen LogP contribution in [0, 0.1) is 0 Å².